The second-order valence-electron chi connectivity index (χ2n) is 4.71. The average molecular weight is 323 g/mol. The predicted molar refractivity (Wildman–Crippen MR) is 84.3 cm³/mol. The van der Waals surface area contributed by atoms with Gasteiger partial charge in [0.25, 0.3) is 0 Å². The molecule has 3 aromatic rings. The van der Waals surface area contributed by atoms with Crippen molar-refractivity contribution in [1.29, 1.82) is 0 Å². The van der Waals surface area contributed by atoms with Crippen molar-refractivity contribution in [2.75, 3.05) is 7.11 Å². The van der Waals surface area contributed by atoms with Crippen LogP contribution in [0.1, 0.15) is 28.0 Å². The molecule has 5 nitrogen and oxygen atoms in total. The van der Waals surface area contributed by atoms with Gasteiger partial charge in [-0.25, -0.2) is 9.97 Å². The van der Waals surface area contributed by atoms with E-state index >= 15 is 0 Å². The summed E-state index contributed by atoms with van der Waals surface area (Å²) in [4.78, 5) is 14.5. The highest BCUT2D eigenvalue weighted by atomic mass is 35.5. The van der Waals surface area contributed by atoms with Gasteiger partial charge in [-0.3, -0.25) is 0 Å². The Balaban J connectivity index is 2.14. The van der Waals surface area contributed by atoms with Gasteiger partial charge in [-0.1, -0.05) is 0 Å². The van der Waals surface area contributed by atoms with Crippen LogP contribution in [0.2, 0.25) is 0 Å². The van der Waals surface area contributed by atoms with E-state index in [0.29, 0.717) is 12.4 Å². The molecule has 0 fully saturated rings. The lowest BCUT2D eigenvalue weighted by Crippen LogP contribution is -2.05. The molecule has 3 aromatic heterocycles. The largest absolute Gasteiger partial charge is 0.481 e. The first-order valence-electron chi connectivity index (χ1n) is 6.55. The fourth-order valence-corrected chi connectivity index (χ4v) is 3.16. The van der Waals surface area contributed by atoms with Crippen molar-refractivity contribution in [3.8, 4) is 5.88 Å². The molecule has 0 radical (unpaired) electrons. The number of aryl methyl sites for hydroxylation is 1. The van der Waals surface area contributed by atoms with E-state index in [1.807, 2.05) is 30.7 Å². The van der Waals surface area contributed by atoms with Crippen molar-refractivity contribution >= 4 is 34.1 Å². The van der Waals surface area contributed by atoms with Crippen molar-refractivity contribution in [3.05, 3.63) is 34.0 Å². The van der Waals surface area contributed by atoms with Gasteiger partial charge in [-0.2, -0.15) is 4.98 Å². The highest BCUT2D eigenvalue weighted by molar-refractivity contribution is 7.11. The van der Waals surface area contributed by atoms with E-state index in [2.05, 4.69) is 15.0 Å². The van der Waals surface area contributed by atoms with E-state index in [1.54, 1.807) is 24.5 Å². The molecule has 0 aliphatic rings. The van der Waals surface area contributed by atoms with E-state index < -0.39 is 0 Å². The molecule has 3 rings (SSSR count). The van der Waals surface area contributed by atoms with Crippen molar-refractivity contribution in [1.82, 2.24) is 19.5 Å². The second kappa shape index (κ2) is 5.61. The van der Waals surface area contributed by atoms with E-state index in [4.69, 9.17) is 16.3 Å². The van der Waals surface area contributed by atoms with Crippen molar-refractivity contribution in [2.24, 2.45) is 0 Å². The highest BCUT2D eigenvalue weighted by Crippen LogP contribution is 2.27. The number of methoxy groups -OCH3 is 1. The van der Waals surface area contributed by atoms with Gasteiger partial charge in [-0.15, -0.1) is 22.9 Å². The quantitative estimate of drug-likeness (QED) is 0.689. The van der Waals surface area contributed by atoms with E-state index in [9.17, 15) is 0 Å². The molecule has 0 saturated heterocycles. The molecule has 0 spiro atoms. The number of halogens is 1. The van der Waals surface area contributed by atoms with Crippen LogP contribution in [-0.4, -0.2) is 26.6 Å². The van der Waals surface area contributed by atoms with Gasteiger partial charge >= 0.3 is 0 Å². The lowest BCUT2D eigenvalue weighted by atomic mass is 10.4. The number of nitrogens with zero attached hydrogens (tertiary/aromatic N) is 4. The third kappa shape index (κ3) is 2.73. The third-order valence-corrected chi connectivity index (χ3v) is 4.24. The molecular formula is C14H15ClN4OS. The second-order valence-corrected chi connectivity index (χ2v) is 6.69. The van der Waals surface area contributed by atoms with Crippen LogP contribution in [0.25, 0.3) is 11.2 Å². The van der Waals surface area contributed by atoms with Crippen LogP contribution in [0.3, 0.4) is 0 Å². The van der Waals surface area contributed by atoms with Gasteiger partial charge < -0.3 is 9.30 Å². The number of hydrogen-bond donors (Lipinski definition) is 0. The lowest BCUT2D eigenvalue weighted by molar-refractivity contribution is 0.399. The molecular weight excluding hydrogens is 308 g/mol. The number of fused-ring (bicyclic) bond motifs is 1. The molecule has 3 heterocycles. The number of aromatic nitrogens is 4. The van der Waals surface area contributed by atoms with Gasteiger partial charge in [-0.05, 0) is 19.9 Å². The van der Waals surface area contributed by atoms with Gasteiger partial charge in [0.1, 0.15) is 11.3 Å². The van der Waals surface area contributed by atoms with Crippen molar-refractivity contribution in [3.63, 3.8) is 0 Å². The number of hydrogen-bond acceptors (Lipinski definition) is 5. The van der Waals surface area contributed by atoms with Crippen LogP contribution in [0.5, 0.6) is 5.88 Å². The zero-order valence-corrected chi connectivity index (χ0v) is 13.6. The Hall–Kier alpha value is -1.66. The van der Waals surface area contributed by atoms with E-state index in [0.717, 1.165) is 26.9 Å². The summed E-state index contributed by atoms with van der Waals surface area (Å²) < 4.78 is 7.24. The summed E-state index contributed by atoms with van der Waals surface area (Å²) in [5.41, 5.74) is 1.60. The van der Waals surface area contributed by atoms with Crippen LogP contribution >= 0.6 is 22.9 Å². The van der Waals surface area contributed by atoms with Crippen LogP contribution in [0.15, 0.2) is 18.3 Å². The SMILES string of the molecule is COc1ccc2nc(C(C)Cl)n(Cc3cnc(C)s3)c2n1. The Morgan fingerprint density at radius 3 is 2.81 bits per heavy atom. The number of imidazole rings is 1. The van der Waals surface area contributed by atoms with Gasteiger partial charge in [0.15, 0.2) is 5.65 Å². The van der Waals surface area contributed by atoms with Crippen LogP contribution in [0.4, 0.5) is 0 Å². The Morgan fingerprint density at radius 2 is 2.19 bits per heavy atom. The molecule has 7 heteroatoms. The minimum absolute atomic E-state index is 0.195. The molecule has 0 N–H and O–H groups in total. The number of alkyl halides is 1. The molecule has 0 saturated carbocycles. The van der Waals surface area contributed by atoms with Crippen molar-refractivity contribution < 1.29 is 4.74 Å². The maximum atomic E-state index is 6.27. The summed E-state index contributed by atoms with van der Waals surface area (Å²) >= 11 is 7.93. The fourth-order valence-electron chi connectivity index (χ4n) is 2.21. The Morgan fingerprint density at radius 1 is 1.38 bits per heavy atom. The first-order chi connectivity index (χ1) is 10.1. The lowest BCUT2D eigenvalue weighted by Gasteiger charge is -2.08. The van der Waals surface area contributed by atoms with Crippen LogP contribution in [-0.2, 0) is 6.54 Å². The zero-order chi connectivity index (χ0) is 15.0. The Labute approximate surface area is 131 Å². The molecule has 0 aliphatic heterocycles. The summed E-state index contributed by atoms with van der Waals surface area (Å²) in [6.07, 6.45) is 1.88. The summed E-state index contributed by atoms with van der Waals surface area (Å²) in [5, 5.41) is 0.847. The molecule has 1 unspecified atom stereocenters. The normalized spacial score (nSPS) is 12.8. The third-order valence-electron chi connectivity index (χ3n) is 3.14. The number of ether oxygens (including phenoxy) is 1. The maximum Gasteiger partial charge on any atom is 0.215 e. The standard InChI is InChI=1S/C14H15ClN4OS/c1-8(15)13-17-11-4-5-12(20-3)18-14(11)19(13)7-10-6-16-9(2)21-10/h4-6,8H,7H2,1-3H3. The van der Waals surface area contributed by atoms with E-state index in [-0.39, 0.29) is 5.38 Å². The van der Waals surface area contributed by atoms with E-state index in [1.165, 1.54) is 0 Å². The van der Waals surface area contributed by atoms with Gasteiger partial charge in [0.05, 0.1) is 24.0 Å². The highest BCUT2D eigenvalue weighted by Gasteiger charge is 2.17. The molecule has 0 aliphatic carbocycles. The smallest absolute Gasteiger partial charge is 0.215 e. The van der Waals surface area contributed by atoms with Crippen LogP contribution in [0, 0.1) is 6.92 Å². The average Bonchev–Trinajstić information content (AvgIpc) is 3.03. The minimum atomic E-state index is -0.195. The fraction of sp³-hybridized carbons (Fsp3) is 0.357. The molecule has 110 valence electrons. The maximum absolute atomic E-state index is 6.27. The topological polar surface area (TPSA) is 52.8 Å². The number of thiazole rings is 1. The monoisotopic (exact) mass is 322 g/mol. The van der Waals surface area contributed by atoms with Crippen LogP contribution < -0.4 is 4.74 Å². The predicted octanol–water partition coefficient (Wildman–Crippen LogP) is 3.55. The zero-order valence-electron chi connectivity index (χ0n) is 12.0. The van der Waals surface area contributed by atoms with Gasteiger partial charge in [0, 0.05) is 17.1 Å². The molecule has 1 atom stereocenters. The Kier molecular flexibility index (Phi) is 3.82. The minimum Gasteiger partial charge on any atom is -0.481 e. The number of pyridine rings is 1. The summed E-state index contributed by atoms with van der Waals surface area (Å²) in [5.74, 6) is 1.37. The summed E-state index contributed by atoms with van der Waals surface area (Å²) in [6.45, 7) is 4.57. The van der Waals surface area contributed by atoms with Crippen molar-refractivity contribution in [2.45, 2.75) is 25.8 Å². The Bertz CT molecular complexity index is 780. The molecule has 0 bridgehead atoms. The molecule has 21 heavy (non-hydrogen) atoms. The summed E-state index contributed by atoms with van der Waals surface area (Å²) in [7, 11) is 1.60. The summed E-state index contributed by atoms with van der Waals surface area (Å²) in [6, 6.07) is 3.71. The molecule has 0 amide bonds. The first-order valence-corrected chi connectivity index (χ1v) is 7.80. The number of rotatable bonds is 4. The first kappa shape index (κ1) is 14.3. The molecule has 0 aromatic carbocycles. The van der Waals surface area contributed by atoms with Gasteiger partial charge in [0.2, 0.25) is 5.88 Å².